The van der Waals surface area contributed by atoms with Gasteiger partial charge in [-0.25, -0.2) is 24.1 Å². The Bertz CT molecular complexity index is 1030. The first-order valence-corrected chi connectivity index (χ1v) is 9.40. The topological polar surface area (TPSA) is 91.3 Å². The third kappa shape index (κ3) is 6.37. The van der Waals surface area contributed by atoms with E-state index in [2.05, 4.69) is 30.9 Å². The van der Waals surface area contributed by atoms with Crippen LogP contribution in [0.15, 0.2) is 59.6 Å². The van der Waals surface area contributed by atoms with Gasteiger partial charge in [-0.05, 0) is 56.7 Å². The summed E-state index contributed by atoms with van der Waals surface area (Å²) in [6, 6.07) is 14.8. The number of guanidine groups is 1. The molecular weight excluding hydrogens is 383 g/mol. The molecule has 0 saturated heterocycles. The van der Waals surface area contributed by atoms with Gasteiger partial charge in [0.1, 0.15) is 5.82 Å². The van der Waals surface area contributed by atoms with Crippen molar-refractivity contribution in [3.63, 3.8) is 0 Å². The lowest BCUT2D eigenvalue weighted by Gasteiger charge is -2.12. The standard InChI is InChI=1S/C22H23FN6O/c1-14-4-10-19(11-5-14)27-22(30)29-20(24-13-17-6-8-18(23)9-7-17)28-21-25-15(2)12-16(3)26-21/h4-12H,13H2,1-3H3,(H3,24,25,26,27,28,29,30). The second kappa shape index (κ2) is 9.60. The summed E-state index contributed by atoms with van der Waals surface area (Å²) in [5, 5.41) is 8.39. The van der Waals surface area contributed by atoms with Gasteiger partial charge in [0.05, 0.1) is 6.54 Å². The summed E-state index contributed by atoms with van der Waals surface area (Å²) in [6.07, 6.45) is 0. The molecule has 0 atom stereocenters. The molecule has 7 nitrogen and oxygen atoms in total. The van der Waals surface area contributed by atoms with Crippen molar-refractivity contribution in [2.75, 3.05) is 10.6 Å². The van der Waals surface area contributed by atoms with Crippen molar-refractivity contribution >= 4 is 23.6 Å². The van der Waals surface area contributed by atoms with Crippen molar-refractivity contribution in [2.45, 2.75) is 27.3 Å². The van der Waals surface area contributed by atoms with E-state index in [4.69, 9.17) is 0 Å². The van der Waals surface area contributed by atoms with E-state index < -0.39 is 6.03 Å². The van der Waals surface area contributed by atoms with Crippen LogP contribution in [0.1, 0.15) is 22.5 Å². The summed E-state index contributed by atoms with van der Waals surface area (Å²) in [5.41, 5.74) is 4.10. The van der Waals surface area contributed by atoms with E-state index in [1.165, 1.54) is 12.1 Å². The predicted octanol–water partition coefficient (Wildman–Crippen LogP) is 4.33. The summed E-state index contributed by atoms with van der Waals surface area (Å²) in [4.78, 5) is 25.5. The van der Waals surface area contributed by atoms with Crippen LogP contribution >= 0.6 is 0 Å². The number of anilines is 2. The lowest BCUT2D eigenvalue weighted by atomic mass is 10.2. The summed E-state index contributed by atoms with van der Waals surface area (Å²) < 4.78 is 13.1. The van der Waals surface area contributed by atoms with Crippen LogP contribution in [0.3, 0.4) is 0 Å². The molecule has 0 aliphatic rings. The molecule has 0 bridgehead atoms. The second-order valence-electron chi connectivity index (χ2n) is 6.84. The quantitative estimate of drug-likeness (QED) is 0.444. The molecule has 2 amide bonds. The highest BCUT2D eigenvalue weighted by atomic mass is 19.1. The molecule has 8 heteroatoms. The third-order valence-electron chi connectivity index (χ3n) is 4.09. The van der Waals surface area contributed by atoms with Gasteiger partial charge in [0.15, 0.2) is 0 Å². The van der Waals surface area contributed by atoms with E-state index in [9.17, 15) is 9.18 Å². The predicted molar refractivity (Wildman–Crippen MR) is 116 cm³/mol. The van der Waals surface area contributed by atoms with Crippen molar-refractivity contribution in [3.8, 4) is 0 Å². The minimum Gasteiger partial charge on any atom is -0.308 e. The molecule has 30 heavy (non-hydrogen) atoms. The summed E-state index contributed by atoms with van der Waals surface area (Å²) >= 11 is 0. The van der Waals surface area contributed by atoms with Gasteiger partial charge in [0, 0.05) is 17.1 Å². The molecule has 0 unspecified atom stereocenters. The van der Waals surface area contributed by atoms with Crippen LogP contribution in [-0.2, 0) is 6.54 Å². The fraction of sp³-hybridized carbons (Fsp3) is 0.182. The number of aliphatic imine (C=N–C) groups is 1. The number of benzene rings is 2. The Kier molecular flexibility index (Phi) is 6.69. The molecule has 0 aliphatic carbocycles. The van der Waals surface area contributed by atoms with Gasteiger partial charge in [-0.2, -0.15) is 0 Å². The molecule has 3 N–H and O–H groups in total. The smallest absolute Gasteiger partial charge is 0.308 e. The lowest BCUT2D eigenvalue weighted by molar-refractivity contribution is 0.256. The van der Waals surface area contributed by atoms with Gasteiger partial charge in [-0.3, -0.25) is 10.6 Å². The number of nitrogens with one attached hydrogen (secondary N) is 3. The van der Waals surface area contributed by atoms with Crippen molar-refractivity contribution in [3.05, 3.63) is 82.9 Å². The SMILES string of the molecule is Cc1ccc(NC(=O)NC(=NCc2ccc(F)cc2)Nc2nc(C)cc(C)n2)cc1. The van der Waals surface area contributed by atoms with Gasteiger partial charge in [-0.1, -0.05) is 29.8 Å². The molecule has 2 aromatic carbocycles. The largest absolute Gasteiger partial charge is 0.326 e. The summed E-state index contributed by atoms with van der Waals surface area (Å²) in [6.45, 7) is 5.91. The van der Waals surface area contributed by atoms with Crippen molar-refractivity contribution in [2.24, 2.45) is 4.99 Å². The van der Waals surface area contributed by atoms with Crippen molar-refractivity contribution in [1.29, 1.82) is 0 Å². The van der Waals surface area contributed by atoms with Gasteiger partial charge in [0.2, 0.25) is 11.9 Å². The van der Waals surface area contributed by atoms with Gasteiger partial charge in [-0.15, -0.1) is 0 Å². The average molecular weight is 406 g/mol. The number of rotatable bonds is 4. The summed E-state index contributed by atoms with van der Waals surface area (Å²) in [5.74, 6) is 0.176. The zero-order valence-corrected chi connectivity index (χ0v) is 17.0. The molecule has 3 rings (SSSR count). The van der Waals surface area contributed by atoms with E-state index >= 15 is 0 Å². The molecule has 1 aromatic heterocycles. The van der Waals surface area contributed by atoms with Gasteiger partial charge in [0.25, 0.3) is 0 Å². The van der Waals surface area contributed by atoms with Crippen LogP contribution in [0.4, 0.5) is 20.8 Å². The van der Waals surface area contributed by atoms with Crippen LogP contribution in [0, 0.1) is 26.6 Å². The maximum atomic E-state index is 13.1. The number of amides is 2. The molecule has 0 fully saturated rings. The number of halogens is 1. The average Bonchev–Trinajstić information content (AvgIpc) is 2.68. The van der Waals surface area contributed by atoms with Crippen LogP contribution in [0.2, 0.25) is 0 Å². The minimum atomic E-state index is -0.464. The lowest BCUT2D eigenvalue weighted by Crippen LogP contribution is -2.39. The monoisotopic (exact) mass is 406 g/mol. The number of nitrogens with zero attached hydrogens (tertiary/aromatic N) is 3. The van der Waals surface area contributed by atoms with E-state index in [0.29, 0.717) is 11.6 Å². The molecule has 154 valence electrons. The molecular formula is C22H23FN6O. The van der Waals surface area contributed by atoms with Gasteiger partial charge < -0.3 is 5.32 Å². The molecule has 0 radical (unpaired) electrons. The zero-order valence-electron chi connectivity index (χ0n) is 17.0. The second-order valence-corrected chi connectivity index (χ2v) is 6.84. The Labute approximate surface area is 174 Å². The third-order valence-corrected chi connectivity index (χ3v) is 4.09. The highest BCUT2D eigenvalue weighted by Gasteiger charge is 2.09. The minimum absolute atomic E-state index is 0.175. The van der Waals surface area contributed by atoms with E-state index in [1.807, 2.05) is 51.1 Å². The Morgan fingerprint density at radius 2 is 1.57 bits per heavy atom. The molecule has 0 spiro atoms. The van der Waals surface area contributed by atoms with E-state index in [1.54, 1.807) is 12.1 Å². The highest BCUT2D eigenvalue weighted by molar-refractivity contribution is 6.07. The van der Waals surface area contributed by atoms with Crippen LogP contribution in [-0.4, -0.2) is 22.0 Å². The van der Waals surface area contributed by atoms with Crippen LogP contribution < -0.4 is 16.0 Å². The Morgan fingerprint density at radius 3 is 2.20 bits per heavy atom. The highest BCUT2D eigenvalue weighted by Crippen LogP contribution is 2.09. The molecule has 0 aliphatic heterocycles. The fourth-order valence-corrected chi connectivity index (χ4v) is 2.66. The number of urea groups is 1. The fourth-order valence-electron chi connectivity index (χ4n) is 2.66. The molecule has 1 heterocycles. The number of carbonyl (C=O) groups is 1. The van der Waals surface area contributed by atoms with Crippen molar-refractivity contribution in [1.82, 2.24) is 15.3 Å². The first kappa shape index (κ1) is 20.9. The van der Waals surface area contributed by atoms with Crippen molar-refractivity contribution < 1.29 is 9.18 Å². The first-order valence-electron chi connectivity index (χ1n) is 9.40. The maximum Gasteiger partial charge on any atom is 0.326 e. The van der Waals surface area contributed by atoms with Gasteiger partial charge >= 0.3 is 6.03 Å². The van der Waals surface area contributed by atoms with Crippen LogP contribution in [0.25, 0.3) is 0 Å². The Balaban J connectivity index is 1.76. The Hall–Kier alpha value is -3.81. The summed E-state index contributed by atoms with van der Waals surface area (Å²) in [7, 11) is 0. The maximum absolute atomic E-state index is 13.1. The number of hydrogen-bond donors (Lipinski definition) is 3. The number of carbonyl (C=O) groups excluding carboxylic acids is 1. The number of hydrogen-bond acceptors (Lipinski definition) is 4. The van der Waals surface area contributed by atoms with E-state index in [-0.39, 0.29) is 18.3 Å². The molecule has 0 saturated carbocycles. The first-order chi connectivity index (χ1) is 14.4. The number of aryl methyl sites for hydroxylation is 3. The Morgan fingerprint density at radius 1 is 0.933 bits per heavy atom. The number of aromatic nitrogens is 2. The van der Waals surface area contributed by atoms with Crippen LogP contribution in [0.5, 0.6) is 0 Å². The molecule has 3 aromatic rings. The normalized spacial score (nSPS) is 11.1. The van der Waals surface area contributed by atoms with E-state index in [0.717, 1.165) is 22.5 Å². The zero-order chi connectivity index (χ0) is 21.5.